The molecule has 0 aromatic carbocycles. The summed E-state index contributed by atoms with van der Waals surface area (Å²) in [5.74, 6) is -1.45. The molecule has 0 rings (SSSR count). The molecule has 0 saturated carbocycles. The van der Waals surface area contributed by atoms with E-state index in [9.17, 15) is 14.4 Å². The normalized spacial score (nSPS) is 11.8. The lowest BCUT2D eigenvalue weighted by Crippen LogP contribution is -2.48. The Bertz CT molecular complexity index is 337. The monoisotopic (exact) mass is 300 g/mol. The summed E-state index contributed by atoms with van der Waals surface area (Å²) in [6.07, 6.45) is 3.77. The summed E-state index contributed by atoms with van der Waals surface area (Å²) >= 11 is 0. The second-order valence-corrected chi connectivity index (χ2v) is 5.22. The molecule has 122 valence electrons. The molecule has 21 heavy (non-hydrogen) atoms. The first-order valence-electron chi connectivity index (χ1n) is 7.70. The Labute approximate surface area is 126 Å². The number of aliphatic carboxylic acids is 1. The maximum absolute atomic E-state index is 12.5. The molecule has 6 heteroatoms. The summed E-state index contributed by atoms with van der Waals surface area (Å²) in [5.41, 5.74) is 0. The summed E-state index contributed by atoms with van der Waals surface area (Å²) in [4.78, 5) is 36.2. The number of carbonyl (C=O) groups excluding carboxylic acids is 2. The van der Waals surface area contributed by atoms with Gasteiger partial charge in [0.2, 0.25) is 11.8 Å². The predicted octanol–water partition coefficient (Wildman–Crippen LogP) is 1.78. The second-order valence-electron chi connectivity index (χ2n) is 5.22. The number of nitrogens with one attached hydrogen (secondary N) is 1. The van der Waals surface area contributed by atoms with Gasteiger partial charge in [0.25, 0.3) is 0 Å². The zero-order valence-electron chi connectivity index (χ0n) is 13.4. The first-order valence-corrected chi connectivity index (χ1v) is 7.70. The van der Waals surface area contributed by atoms with E-state index in [0.717, 1.165) is 25.7 Å². The van der Waals surface area contributed by atoms with E-state index in [1.807, 2.05) is 0 Å². The predicted molar refractivity (Wildman–Crippen MR) is 80.9 cm³/mol. The SMILES string of the molecule is CCCCN(CCCC)C(=O)[C@H](CCC(=O)O)NC(C)=O. The van der Waals surface area contributed by atoms with Crippen molar-refractivity contribution < 1.29 is 19.5 Å². The number of nitrogens with zero attached hydrogens (tertiary/aromatic N) is 1. The first-order chi connectivity index (χ1) is 9.92. The molecule has 0 fully saturated rings. The molecule has 0 unspecified atom stereocenters. The fourth-order valence-electron chi connectivity index (χ4n) is 2.02. The topological polar surface area (TPSA) is 86.7 Å². The molecule has 0 aromatic heterocycles. The van der Waals surface area contributed by atoms with Crippen LogP contribution in [-0.4, -0.2) is 46.9 Å². The van der Waals surface area contributed by atoms with Gasteiger partial charge in [-0.3, -0.25) is 14.4 Å². The van der Waals surface area contributed by atoms with Gasteiger partial charge in [-0.15, -0.1) is 0 Å². The summed E-state index contributed by atoms with van der Waals surface area (Å²) in [6.45, 7) is 6.75. The third kappa shape index (κ3) is 9.05. The molecule has 1 atom stereocenters. The smallest absolute Gasteiger partial charge is 0.303 e. The molecule has 0 saturated heterocycles. The van der Waals surface area contributed by atoms with Crippen LogP contribution < -0.4 is 5.32 Å². The van der Waals surface area contributed by atoms with Crippen LogP contribution in [0.5, 0.6) is 0 Å². The van der Waals surface area contributed by atoms with Gasteiger partial charge in [0.15, 0.2) is 0 Å². The zero-order chi connectivity index (χ0) is 16.3. The van der Waals surface area contributed by atoms with E-state index in [2.05, 4.69) is 19.2 Å². The lowest BCUT2D eigenvalue weighted by Gasteiger charge is -2.27. The summed E-state index contributed by atoms with van der Waals surface area (Å²) in [5, 5.41) is 11.3. The molecule has 6 nitrogen and oxygen atoms in total. The quantitative estimate of drug-likeness (QED) is 0.609. The van der Waals surface area contributed by atoms with Gasteiger partial charge in [0, 0.05) is 26.4 Å². The summed E-state index contributed by atoms with van der Waals surface area (Å²) < 4.78 is 0. The van der Waals surface area contributed by atoms with E-state index >= 15 is 0 Å². The number of rotatable bonds is 11. The van der Waals surface area contributed by atoms with E-state index < -0.39 is 12.0 Å². The van der Waals surface area contributed by atoms with Crippen molar-refractivity contribution >= 4 is 17.8 Å². The highest BCUT2D eigenvalue weighted by molar-refractivity contribution is 5.87. The number of hydrogen-bond acceptors (Lipinski definition) is 3. The molecule has 0 radical (unpaired) electrons. The largest absolute Gasteiger partial charge is 0.481 e. The van der Waals surface area contributed by atoms with Crippen LogP contribution in [0.2, 0.25) is 0 Å². The number of carbonyl (C=O) groups is 3. The Morgan fingerprint density at radius 2 is 1.62 bits per heavy atom. The van der Waals surface area contributed by atoms with Gasteiger partial charge in [0.05, 0.1) is 0 Å². The molecule has 2 N–H and O–H groups in total. The third-order valence-electron chi connectivity index (χ3n) is 3.20. The Kier molecular flexibility index (Phi) is 10.3. The van der Waals surface area contributed by atoms with Crippen LogP contribution in [0.25, 0.3) is 0 Å². The van der Waals surface area contributed by atoms with Crippen LogP contribution in [-0.2, 0) is 14.4 Å². The minimum absolute atomic E-state index is 0.127. The zero-order valence-corrected chi connectivity index (χ0v) is 13.4. The Balaban J connectivity index is 4.79. The van der Waals surface area contributed by atoms with Gasteiger partial charge in [-0.2, -0.15) is 0 Å². The van der Waals surface area contributed by atoms with Gasteiger partial charge < -0.3 is 15.3 Å². The van der Waals surface area contributed by atoms with Crippen LogP contribution in [0.3, 0.4) is 0 Å². The standard InChI is InChI=1S/C15H28N2O4/c1-4-6-10-17(11-7-5-2)15(21)13(16-12(3)18)8-9-14(19)20/h13H,4-11H2,1-3H3,(H,16,18)(H,19,20)/t13-/m0/s1. The van der Waals surface area contributed by atoms with Crippen LogP contribution in [0.1, 0.15) is 59.3 Å². The Morgan fingerprint density at radius 3 is 2.00 bits per heavy atom. The van der Waals surface area contributed by atoms with Crippen molar-refractivity contribution in [3.63, 3.8) is 0 Å². The molecule has 0 aliphatic rings. The number of amides is 2. The maximum atomic E-state index is 12.5. The number of carboxylic acid groups (broad SMARTS) is 1. The highest BCUT2D eigenvalue weighted by atomic mass is 16.4. The van der Waals surface area contributed by atoms with Crippen LogP contribution >= 0.6 is 0 Å². The van der Waals surface area contributed by atoms with Crippen LogP contribution in [0, 0.1) is 0 Å². The molecule has 0 spiro atoms. The lowest BCUT2D eigenvalue weighted by molar-refractivity contribution is -0.139. The molecular weight excluding hydrogens is 272 g/mol. The van der Waals surface area contributed by atoms with Gasteiger partial charge in [-0.25, -0.2) is 0 Å². The Hall–Kier alpha value is -1.59. The van der Waals surface area contributed by atoms with Crippen LogP contribution in [0.15, 0.2) is 0 Å². The molecule has 0 heterocycles. The minimum atomic E-state index is -0.966. The van der Waals surface area contributed by atoms with Crippen molar-refractivity contribution in [2.75, 3.05) is 13.1 Å². The first kappa shape index (κ1) is 19.4. The van der Waals surface area contributed by atoms with E-state index in [4.69, 9.17) is 5.11 Å². The van der Waals surface area contributed by atoms with Crippen molar-refractivity contribution in [3.05, 3.63) is 0 Å². The highest BCUT2D eigenvalue weighted by Crippen LogP contribution is 2.07. The van der Waals surface area contributed by atoms with Crippen molar-refractivity contribution in [3.8, 4) is 0 Å². The van der Waals surface area contributed by atoms with Gasteiger partial charge in [0.1, 0.15) is 6.04 Å². The average Bonchev–Trinajstić information content (AvgIpc) is 2.42. The fraction of sp³-hybridized carbons (Fsp3) is 0.800. The minimum Gasteiger partial charge on any atom is -0.481 e. The van der Waals surface area contributed by atoms with Crippen molar-refractivity contribution in [2.24, 2.45) is 0 Å². The summed E-state index contributed by atoms with van der Waals surface area (Å²) in [6, 6.07) is -0.743. The average molecular weight is 300 g/mol. The maximum Gasteiger partial charge on any atom is 0.303 e. The molecule has 0 bridgehead atoms. The van der Waals surface area contributed by atoms with E-state index in [1.54, 1.807) is 4.90 Å². The van der Waals surface area contributed by atoms with Crippen molar-refractivity contribution in [2.45, 2.75) is 65.3 Å². The molecule has 0 aliphatic carbocycles. The molecule has 2 amide bonds. The number of carboxylic acids is 1. The second kappa shape index (κ2) is 11.1. The van der Waals surface area contributed by atoms with Gasteiger partial charge in [-0.05, 0) is 19.3 Å². The van der Waals surface area contributed by atoms with Gasteiger partial charge in [-0.1, -0.05) is 26.7 Å². The summed E-state index contributed by atoms with van der Waals surface area (Å²) in [7, 11) is 0. The van der Waals surface area contributed by atoms with Crippen molar-refractivity contribution in [1.82, 2.24) is 10.2 Å². The van der Waals surface area contributed by atoms with Crippen LogP contribution in [0.4, 0.5) is 0 Å². The lowest BCUT2D eigenvalue weighted by atomic mass is 10.1. The Morgan fingerprint density at radius 1 is 1.10 bits per heavy atom. The van der Waals surface area contributed by atoms with E-state index in [0.29, 0.717) is 13.1 Å². The molecular formula is C15H28N2O4. The number of unbranched alkanes of at least 4 members (excludes halogenated alkanes) is 2. The molecule has 0 aliphatic heterocycles. The van der Waals surface area contributed by atoms with Gasteiger partial charge >= 0.3 is 5.97 Å². The molecule has 0 aromatic rings. The van der Waals surface area contributed by atoms with Crippen molar-refractivity contribution in [1.29, 1.82) is 0 Å². The number of hydrogen-bond donors (Lipinski definition) is 2. The fourth-order valence-corrected chi connectivity index (χ4v) is 2.02. The third-order valence-corrected chi connectivity index (χ3v) is 3.20. The van der Waals surface area contributed by atoms with E-state index in [1.165, 1.54) is 6.92 Å². The van der Waals surface area contributed by atoms with E-state index in [-0.39, 0.29) is 24.7 Å². The highest BCUT2D eigenvalue weighted by Gasteiger charge is 2.25.